The molecule has 0 aliphatic carbocycles. The molecule has 20 heavy (non-hydrogen) atoms. The fourth-order valence-corrected chi connectivity index (χ4v) is 0.976. The van der Waals surface area contributed by atoms with Crippen LogP contribution in [-0.4, -0.2) is 102 Å². The molecule has 126 valence electrons. The van der Waals surface area contributed by atoms with E-state index >= 15 is 0 Å². The monoisotopic (exact) mass is 304 g/mol. The van der Waals surface area contributed by atoms with Crippen molar-refractivity contribution in [1.29, 1.82) is 0 Å². The number of aliphatic hydroxyl groups excluding tert-OH is 5. The van der Waals surface area contributed by atoms with E-state index < -0.39 is 0 Å². The highest BCUT2D eigenvalue weighted by Gasteiger charge is 2.00. The van der Waals surface area contributed by atoms with E-state index in [9.17, 15) is 0 Å². The molecule has 0 aromatic heterocycles. The van der Waals surface area contributed by atoms with E-state index in [4.69, 9.17) is 25.5 Å². The van der Waals surface area contributed by atoms with E-state index in [2.05, 4.69) is 15.3 Å². The Morgan fingerprint density at radius 2 is 1.00 bits per heavy atom. The first-order valence-electron chi connectivity index (χ1n) is 6.02. The van der Waals surface area contributed by atoms with Gasteiger partial charge < -0.3 is 31.0 Å². The predicted molar refractivity (Wildman–Crippen MR) is 70.5 cm³/mol. The van der Waals surface area contributed by atoms with Crippen molar-refractivity contribution in [2.24, 2.45) is 0 Å². The minimum atomic E-state index is -0.0600. The Bertz CT molecular complexity index is 135. The van der Waals surface area contributed by atoms with E-state index in [1.165, 1.54) is 0 Å². The summed E-state index contributed by atoms with van der Waals surface area (Å²) in [5, 5.41) is 41.8. The Balaban J connectivity index is -0.000000277. The van der Waals surface area contributed by atoms with Crippen molar-refractivity contribution >= 4 is 0 Å². The van der Waals surface area contributed by atoms with Crippen LogP contribution in [0.1, 0.15) is 0 Å². The van der Waals surface area contributed by atoms with Crippen molar-refractivity contribution in [2.45, 2.75) is 0 Å². The zero-order valence-electron chi connectivity index (χ0n) is 11.6. The molecule has 0 aliphatic rings. The summed E-state index contributed by atoms with van der Waals surface area (Å²) in [5.41, 5.74) is 2.07. The fourth-order valence-electron chi connectivity index (χ4n) is 0.976. The zero-order chi connectivity index (χ0) is 14.8. The van der Waals surface area contributed by atoms with Gasteiger partial charge in [0.05, 0.1) is 46.2 Å². The van der Waals surface area contributed by atoms with E-state index in [0.717, 1.165) is 0 Å². The van der Waals surface area contributed by atoms with Gasteiger partial charge >= 0.3 is 0 Å². The van der Waals surface area contributed by atoms with E-state index in [1.807, 2.05) is 0 Å². The SMILES string of the molecule is O.OCCN(CCO)CCO.OCCONOCCO. The molecule has 8 N–H and O–H groups in total. The molecule has 0 aromatic rings. The van der Waals surface area contributed by atoms with E-state index in [1.54, 1.807) is 4.90 Å². The quantitative estimate of drug-likeness (QED) is 0.155. The molecule has 0 aromatic carbocycles. The highest BCUT2D eigenvalue weighted by atomic mass is 16.9. The van der Waals surface area contributed by atoms with Gasteiger partial charge in [-0.25, -0.2) is 0 Å². The third kappa shape index (κ3) is 22.8. The van der Waals surface area contributed by atoms with Gasteiger partial charge in [-0.1, -0.05) is 5.64 Å². The third-order valence-corrected chi connectivity index (χ3v) is 1.75. The Morgan fingerprint density at radius 3 is 1.25 bits per heavy atom. The molecule has 0 saturated carbocycles. The lowest BCUT2D eigenvalue weighted by Crippen LogP contribution is -2.32. The van der Waals surface area contributed by atoms with Crippen LogP contribution in [0.3, 0.4) is 0 Å². The van der Waals surface area contributed by atoms with Gasteiger partial charge in [-0.05, 0) is 0 Å². The molecule has 0 aliphatic heterocycles. The van der Waals surface area contributed by atoms with Gasteiger partial charge in [0.2, 0.25) is 0 Å². The topological polar surface area (TPSA) is 166 Å². The number of rotatable bonds is 12. The number of aliphatic hydroxyl groups is 5. The fraction of sp³-hybridized carbons (Fsp3) is 1.00. The second kappa shape index (κ2) is 23.7. The largest absolute Gasteiger partial charge is 0.412 e. The van der Waals surface area contributed by atoms with Crippen LogP contribution in [0.2, 0.25) is 0 Å². The summed E-state index contributed by atoms with van der Waals surface area (Å²) >= 11 is 0. The summed E-state index contributed by atoms with van der Waals surface area (Å²) in [5.74, 6) is 0. The van der Waals surface area contributed by atoms with E-state index in [0.29, 0.717) is 19.6 Å². The molecular weight excluding hydrogens is 276 g/mol. The number of nitrogens with one attached hydrogen (secondary N) is 1. The molecule has 10 nitrogen and oxygen atoms in total. The van der Waals surface area contributed by atoms with Gasteiger partial charge in [0.1, 0.15) is 0 Å². The molecule has 0 amide bonds. The second-order valence-electron chi connectivity index (χ2n) is 3.24. The van der Waals surface area contributed by atoms with Gasteiger partial charge in [-0.15, -0.1) is 0 Å². The van der Waals surface area contributed by atoms with Crippen LogP contribution in [0.25, 0.3) is 0 Å². The number of hydrogen-bond donors (Lipinski definition) is 6. The van der Waals surface area contributed by atoms with Crippen LogP contribution in [0.5, 0.6) is 0 Å². The summed E-state index contributed by atoms with van der Waals surface area (Å²) in [6, 6.07) is 0. The van der Waals surface area contributed by atoms with Crippen LogP contribution >= 0.6 is 0 Å². The molecule has 0 rings (SSSR count). The van der Waals surface area contributed by atoms with Gasteiger partial charge in [-0.2, -0.15) is 0 Å². The second-order valence-corrected chi connectivity index (χ2v) is 3.24. The van der Waals surface area contributed by atoms with Gasteiger partial charge in [-0.3, -0.25) is 14.6 Å². The zero-order valence-corrected chi connectivity index (χ0v) is 11.6. The first-order chi connectivity index (χ1) is 9.26. The molecule has 0 bridgehead atoms. The van der Waals surface area contributed by atoms with E-state index in [-0.39, 0.29) is 51.7 Å². The molecule has 10 heteroatoms. The van der Waals surface area contributed by atoms with Crippen LogP contribution in [0.15, 0.2) is 0 Å². The van der Waals surface area contributed by atoms with Crippen molar-refractivity contribution in [3.05, 3.63) is 0 Å². The maximum absolute atomic E-state index is 8.48. The van der Waals surface area contributed by atoms with Crippen molar-refractivity contribution in [2.75, 3.05) is 65.9 Å². The summed E-state index contributed by atoms with van der Waals surface area (Å²) in [6.45, 7) is 1.98. The predicted octanol–water partition coefficient (Wildman–Crippen LogP) is -4.14. The molecule has 0 spiro atoms. The van der Waals surface area contributed by atoms with Gasteiger partial charge in [0.25, 0.3) is 0 Å². The Kier molecular flexibility index (Phi) is 29.1. The minimum absolute atomic E-state index is 0. The summed E-state index contributed by atoms with van der Waals surface area (Å²) in [4.78, 5) is 10.7. The van der Waals surface area contributed by atoms with Crippen molar-refractivity contribution < 1.29 is 40.7 Å². The van der Waals surface area contributed by atoms with Crippen molar-refractivity contribution in [3.8, 4) is 0 Å². The summed E-state index contributed by atoms with van der Waals surface area (Å²) < 4.78 is 0. The third-order valence-electron chi connectivity index (χ3n) is 1.75. The van der Waals surface area contributed by atoms with Gasteiger partial charge in [0, 0.05) is 19.6 Å². The molecule has 0 heterocycles. The van der Waals surface area contributed by atoms with Crippen molar-refractivity contribution in [3.63, 3.8) is 0 Å². The number of hydrogen-bond acceptors (Lipinski definition) is 9. The van der Waals surface area contributed by atoms with Crippen LogP contribution in [0.4, 0.5) is 0 Å². The molecule has 0 unspecified atom stereocenters. The lowest BCUT2D eigenvalue weighted by molar-refractivity contribution is -0.178. The number of nitrogens with zero attached hydrogens (tertiary/aromatic N) is 1. The van der Waals surface area contributed by atoms with Crippen LogP contribution in [0, 0.1) is 0 Å². The normalized spacial score (nSPS) is 9.90. The summed E-state index contributed by atoms with van der Waals surface area (Å²) in [6.07, 6.45) is 0. The van der Waals surface area contributed by atoms with Crippen LogP contribution in [-0.2, 0) is 9.68 Å². The van der Waals surface area contributed by atoms with Crippen molar-refractivity contribution in [1.82, 2.24) is 10.5 Å². The maximum atomic E-state index is 8.48. The Morgan fingerprint density at radius 1 is 0.650 bits per heavy atom. The average molecular weight is 304 g/mol. The highest BCUT2D eigenvalue weighted by Crippen LogP contribution is 1.84. The first kappa shape index (κ1) is 24.6. The smallest absolute Gasteiger partial charge is 0.0940 e. The first-order valence-corrected chi connectivity index (χ1v) is 6.02. The molecule has 0 radical (unpaired) electrons. The Hall–Kier alpha value is -0.400. The van der Waals surface area contributed by atoms with Crippen LogP contribution < -0.4 is 5.64 Å². The molecule has 0 atom stereocenters. The highest BCUT2D eigenvalue weighted by molar-refractivity contribution is 4.54. The lowest BCUT2D eigenvalue weighted by Gasteiger charge is -2.17. The molecule has 0 fully saturated rings. The lowest BCUT2D eigenvalue weighted by atomic mass is 10.4. The Labute approximate surface area is 118 Å². The minimum Gasteiger partial charge on any atom is -0.412 e. The molecular formula is C10H28N2O8. The van der Waals surface area contributed by atoms with Gasteiger partial charge in [0.15, 0.2) is 0 Å². The average Bonchev–Trinajstić information content (AvgIpc) is 2.40. The standard InChI is InChI=1S/C6H15NO3.C4H11NO4.H2O/c8-4-1-7(2-5-9)3-6-10;6-1-3-8-5-9-4-2-7;/h8-10H,1-6H2;5-7H,1-4H2;1H2. The summed E-state index contributed by atoms with van der Waals surface area (Å²) in [7, 11) is 0. The maximum Gasteiger partial charge on any atom is 0.0940 e. The molecule has 0 saturated heterocycles.